The molecule has 1 heterocycles. The Kier molecular flexibility index (Phi) is 3.53. The van der Waals surface area contributed by atoms with E-state index in [9.17, 15) is 0 Å². The number of hydrogen-bond acceptors (Lipinski definition) is 4. The molecule has 1 atom stereocenters. The molecule has 0 saturated heterocycles. The lowest BCUT2D eigenvalue weighted by atomic mass is 10.2. The predicted molar refractivity (Wildman–Crippen MR) is 65.4 cm³/mol. The van der Waals surface area contributed by atoms with E-state index >= 15 is 0 Å². The summed E-state index contributed by atoms with van der Waals surface area (Å²) in [6.07, 6.45) is 2.27. The molecule has 0 bridgehead atoms. The summed E-state index contributed by atoms with van der Waals surface area (Å²) in [5.74, 6) is 0.751. The van der Waals surface area contributed by atoms with Crippen molar-refractivity contribution in [2.24, 2.45) is 5.73 Å². The Hall–Kier alpha value is -2.12. The highest BCUT2D eigenvalue weighted by molar-refractivity contribution is 5.79. The molecular formula is C13H13N3O. The van der Waals surface area contributed by atoms with E-state index in [1.165, 1.54) is 0 Å². The van der Waals surface area contributed by atoms with Crippen LogP contribution >= 0.6 is 0 Å². The second-order valence-electron chi connectivity index (χ2n) is 3.73. The van der Waals surface area contributed by atoms with Gasteiger partial charge in [0, 0.05) is 24.1 Å². The van der Waals surface area contributed by atoms with Gasteiger partial charge < -0.3 is 10.5 Å². The zero-order valence-electron chi connectivity index (χ0n) is 9.34. The molecule has 2 aromatic rings. The largest absolute Gasteiger partial charge is 0.493 e. The van der Waals surface area contributed by atoms with E-state index in [0.29, 0.717) is 13.0 Å². The number of rotatable bonds is 4. The van der Waals surface area contributed by atoms with Gasteiger partial charge in [-0.15, -0.1) is 0 Å². The predicted octanol–water partition coefficient (Wildman–Crippen LogP) is 1.85. The SMILES string of the molecule is N#CC(N)CCOc1ccc2cccnc2c1. The van der Waals surface area contributed by atoms with E-state index in [2.05, 4.69) is 4.98 Å². The molecule has 4 heteroatoms. The third kappa shape index (κ3) is 2.92. The molecule has 2 rings (SSSR count). The van der Waals surface area contributed by atoms with Crippen LogP contribution in [0.1, 0.15) is 6.42 Å². The van der Waals surface area contributed by atoms with E-state index in [0.717, 1.165) is 16.7 Å². The number of fused-ring (bicyclic) bond motifs is 1. The molecule has 0 aliphatic carbocycles. The fraction of sp³-hybridized carbons (Fsp3) is 0.231. The van der Waals surface area contributed by atoms with Gasteiger partial charge in [0.05, 0.1) is 24.2 Å². The number of aromatic nitrogens is 1. The van der Waals surface area contributed by atoms with Crippen molar-refractivity contribution in [1.29, 1.82) is 5.26 Å². The Morgan fingerprint density at radius 3 is 3.12 bits per heavy atom. The molecule has 0 radical (unpaired) electrons. The highest BCUT2D eigenvalue weighted by Crippen LogP contribution is 2.18. The standard InChI is InChI=1S/C13H13N3O/c14-9-11(15)5-7-17-12-4-3-10-2-1-6-16-13(10)8-12/h1-4,6,8,11H,5,7,15H2. The minimum atomic E-state index is -0.464. The summed E-state index contributed by atoms with van der Waals surface area (Å²) in [6, 6.07) is 11.1. The molecule has 0 saturated carbocycles. The van der Waals surface area contributed by atoms with Gasteiger partial charge in [-0.25, -0.2) is 0 Å². The van der Waals surface area contributed by atoms with Crippen molar-refractivity contribution in [3.05, 3.63) is 36.5 Å². The molecule has 0 aliphatic rings. The maximum Gasteiger partial charge on any atom is 0.121 e. The Morgan fingerprint density at radius 2 is 2.29 bits per heavy atom. The molecule has 0 aliphatic heterocycles. The first-order valence-corrected chi connectivity index (χ1v) is 5.42. The summed E-state index contributed by atoms with van der Waals surface area (Å²) in [7, 11) is 0. The van der Waals surface area contributed by atoms with Gasteiger partial charge in [-0.05, 0) is 18.2 Å². The lowest BCUT2D eigenvalue weighted by Crippen LogP contribution is -2.20. The molecule has 4 nitrogen and oxygen atoms in total. The number of ether oxygens (including phenoxy) is 1. The highest BCUT2D eigenvalue weighted by atomic mass is 16.5. The molecule has 1 unspecified atom stereocenters. The maximum atomic E-state index is 8.53. The van der Waals surface area contributed by atoms with E-state index in [1.54, 1.807) is 6.20 Å². The van der Waals surface area contributed by atoms with Crippen LogP contribution < -0.4 is 10.5 Å². The Bertz CT molecular complexity index is 548. The first-order valence-electron chi connectivity index (χ1n) is 5.42. The highest BCUT2D eigenvalue weighted by Gasteiger charge is 2.01. The van der Waals surface area contributed by atoms with E-state index in [-0.39, 0.29) is 0 Å². The lowest BCUT2D eigenvalue weighted by Gasteiger charge is -2.07. The summed E-state index contributed by atoms with van der Waals surface area (Å²) >= 11 is 0. The van der Waals surface area contributed by atoms with Gasteiger partial charge in [-0.2, -0.15) is 5.26 Å². The molecule has 17 heavy (non-hydrogen) atoms. The van der Waals surface area contributed by atoms with Crippen LogP contribution in [-0.4, -0.2) is 17.6 Å². The number of pyridine rings is 1. The zero-order valence-corrected chi connectivity index (χ0v) is 9.34. The van der Waals surface area contributed by atoms with Gasteiger partial charge in [-0.1, -0.05) is 6.07 Å². The normalized spacial score (nSPS) is 12.0. The van der Waals surface area contributed by atoms with Crippen molar-refractivity contribution < 1.29 is 4.74 Å². The first-order chi connectivity index (χ1) is 8.29. The quantitative estimate of drug-likeness (QED) is 0.865. The zero-order chi connectivity index (χ0) is 12.1. The van der Waals surface area contributed by atoms with Crippen molar-refractivity contribution >= 4 is 10.9 Å². The number of nitriles is 1. The fourth-order valence-corrected chi connectivity index (χ4v) is 1.50. The maximum absolute atomic E-state index is 8.53. The van der Waals surface area contributed by atoms with Gasteiger partial charge >= 0.3 is 0 Å². The molecule has 0 amide bonds. The summed E-state index contributed by atoms with van der Waals surface area (Å²) in [5, 5.41) is 9.61. The Morgan fingerprint density at radius 1 is 1.41 bits per heavy atom. The van der Waals surface area contributed by atoms with Gasteiger partial charge in [0.1, 0.15) is 5.75 Å². The number of benzene rings is 1. The monoisotopic (exact) mass is 227 g/mol. The average Bonchev–Trinajstić information content (AvgIpc) is 2.38. The molecule has 1 aromatic heterocycles. The number of nitrogens with zero attached hydrogens (tertiary/aromatic N) is 2. The average molecular weight is 227 g/mol. The van der Waals surface area contributed by atoms with E-state index in [4.69, 9.17) is 15.7 Å². The van der Waals surface area contributed by atoms with Crippen LogP contribution in [0.4, 0.5) is 0 Å². The van der Waals surface area contributed by atoms with Gasteiger partial charge in [0.15, 0.2) is 0 Å². The van der Waals surface area contributed by atoms with Crippen LogP contribution in [0, 0.1) is 11.3 Å². The molecule has 0 fully saturated rings. The first kappa shape index (κ1) is 11.4. The van der Waals surface area contributed by atoms with E-state index < -0.39 is 6.04 Å². The summed E-state index contributed by atoms with van der Waals surface area (Å²) < 4.78 is 5.52. The minimum Gasteiger partial charge on any atom is -0.493 e. The van der Waals surface area contributed by atoms with Crippen LogP contribution in [0.3, 0.4) is 0 Å². The van der Waals surface area contributed by atoms with Crippen LogP contribution in [0.5, 0.6) is 5.75 Å². The van der Waals surface area contributed by atoms with Crippen LogP contribution in [0.2, 0.25) is 0 Å². The van der Waals surface area contributed by atoms with Crippen molar-refractivity contribution in [2.45, 2.75) is 12.5 Å². The fourth-order valence-electron chi connectivity index (χ4n) is 1.50. The third-order valence-corrected chi connectivity index (χ3v) is 2.44. The third-order valence-electron chi connectivity index (χ3n) is 2.44. The van der Waals surface area contributed by atoms with Gasteiger partial charge in [0.2, 0.25) is 0 Å². The van der Waals surface area contributed by atoms with Crippen molar-refractivity contribution in [1.82, 2.24) is 4.98 Å². The second kappa shape index (κ2) is 5.28. The number of nitrogens with two attached hydrogens (primary N) is 1. The molecular weight excluding hydrogens is 214 g/mol. The van der Waals surface area contributed by atoms with Crippen LogP contribution in [0.15, 0.2) is 36.5 Å². The van der Waals surface area contributed by atoms with Gasteiger partial charge in [-0.3, -0.25) is 4.98 Å². The van der Waals surface area contributed by atoms with Crippen molar-refractivity contribution in [2.75, 3.05) is 6.61 Å². The van der Waals surface area contributed by atoms with Crippen LogP contribution in [0.25, 0.3) is 10.9 Å². The lowest BCUT2D eigenvalue weighted by molar-refractivity contribution is 0.306. The molecule has 86 valence electrons. The van der Waals surface area contributed by atoms with Crippen molar-refractivity contribution in [3.8, 4) is 11.8 Å². The minimum absolute atomic E-state index is 0.438. The molecule has 0 spiro atoms. The van der Waals surface area contributed by atoms with Gasteiger partial charge in [0.25, 0.3) is 0 Å². The summed E-state index contributed by atoms with van der Waals surface area (Å²) in [4.78, 5) is 4.24. The molecule has 1 aromatic carbocycles. The topological polar surface area (TPSA) is 71.9 Å². The van der Waals surface area contributed by atoms with Crippen LogP contribution in [-0.2, 0) is 0 Å². The van der Waals surface area contributed by atoms with Crippen molar-refractivity contribution in [3.63, 3.8) is 0 Å². The summed E-state index contributed by atoms with van der Waals surface area (Å²) in [6.45, 7) is 0.438. The smallest absolute Gasteiger partial charge is 0.121 e. The second-order valence-corrected chi connectivity index (χ2v) is 3.73. The van der Waals surface area contributed by atoms with E-state index in [1.807, 2.05) is 36.4 Å². The Balaban J connectivity index is 2.02. The Labute approximate surface area is 99.6 Å². The number of hydrogen-bond donors (Lipinski definition) is 1. The molecule has 2 N–H and O–H groups in total. The summed E-state index contributed by atoms with van der Waals surface area (Å²) in [5.41, 5.74) is 6.37.